The molecule has 1 unspecified atom stereocenters. The highest BCUT2D eigenvalue weighted by Crippen LogP contribution is 2.22. The van der Waals surface area contributed by atoms with Gasteiger partial charge in [0.25, 0.3) is 0 Å². The summed E-state index contributed by atoms with van der Waals surface area (Å²) in [6.45, 7) is 4.95. The van der Waals surface area contributed by atoms with Crippen molar-refractivity contribution in [3.8, 4) is 11.3 Å². The predicted octanol–water partition coefficient (Wildman–Crippen LogP) is 2.59. The summed E-state index contributed by atoms with van der Waals surface area (Å²) >= 11 is 0. The molecule has 0 saturated heterocycles. The zero-order chi connectivity index (χ0) is 15.9. The zero-order valence-electron chi connectivity index (χ0n) is 12.8. The van der Waals surface area contributed by atoms with Crippen LogP contribution in [0.3, 0.4) is 0 Å². The maximum Gasteiger partial charge on any atom is 0.338 e. The molecule has 1 atom stereocenters. The highest BCUT2D eigenvalue weighted by atomic mass is 16.5. The van der Waals surface area contributed by atoms with Gasteiger partial charge in [0.15, 0.2) is 0 Å². The second-order valence-electron chi connectivity index (χ2n) is 5.04. The van der Waals surface area contributed by atoms with Crippen LogP contribution in [0.2, 0.25) is 0 Å². The number of ether oxygens (including phenoxy) is 1. The molecule has 2 aromatic rings. The normalized spacial score (nSPS) is 12.1. The van der Waals surface area contributed by atoms with E-state index in [2.05, 4.69) is 5.32 Å². The van der Waals surface area contributed by atoms with Crippen molar-refractivity contribution in [3.05, 3.63) is 47.7 Å². The Morgan fingerprint density at radius 3 is 2.64 bits per heavy atom. The summed E-state index contributed by atoms with van der Waals surface area (Å²) in [5.74, 6) is 1.21. The van der Waals surface area contributed by atoms with E-state index in [9.17, 15) is 9.90 Å². The standard InChI is InChI=1S/C17H21NO4/c1-3-21-17(20)14-6-4-13(5-7-14)16-9-8-15(22-16)11-18-10-12(2)19/h4-9,12,18-19H,3,10-11H2,1-2H3. The third-order valence-corrected chi connectivity index (χ3v) is 3.08. The van der Waals surface area contributed by atoms with Crippen molar-refractivity contribution in [1.29, 1.82) is 0 Å². The number of aliphatic hydroxyl groups is 1. The van der Waals surface area contributed by atoms with Gasteiger partial charge in [-0.15, -0.1) is 0 Å². The van der Waals surface area contributed by atoms with E-state index in [1.54, 1.807) is 26.0 Å². The van der Waals surface area contributed by atoms with Gasteiger partial charge in [-0.25, -0.2) is 4.79 Å². The van der Waals surface area contributed by atoms with E-state index in [1.807, 2.05) is 24.3 Å². The molecule has 0 radical (unpaired) electrons. The monoisotopic (exact) mass is 303 g/mol. The fourth-order valence-electron chi connectivity index (χ4n) is 2.02. The fraction of sp³-hybridized carbons (Fsp3) is 0.353. The van der Waals surface area contributed by atoms with Gasteiger partial charge in [0.05, 0.1) is 24.8 Å². The van der Waals surface area contributed by atoms with Crippen LogP contribution < -0.4 is 5.32 Å². The molecule has 0 amide bonds. The number of carbonyl (C=O) groups excluding carboxylic acids is 1. The van der Waals surface area contributed by atoms with E-state index in [-0.39, 0.29) is 12.1 Å². The average molecular weight is 303 g/mol. The minimum atomic E-state index is -0.384. The number of benzene rings is 1. The maximum atomic E-state index is 11.6. The summed E-state index contributed by atoms with van der Waals surface area (Å²) in [6.07, 6.45) is -0.384. The van der Waals surface area contributed by atoms with Crippen LogP contribution in [0.25, 0.3) is 11.3 Å². The second kappa shape index (κ2) is 7.77. The Kier molecular flexibility index (Phi) is 5.75. The Hall–Kier alpha value is -2.11. The molecule has 22 heavy (non-hydrogen) atoms. The molecular formula is C17H21NO4. The van der Waals surface area contributed by atoms with E-state index in [1.165, 1.54) is 0 Å². The summed E-state index contributed by atoms with van der Waals surface area (Å²) in [4.78, 5) is 11.6. The SMILES string of the molecule is CCOC(=O)c1ccc(-c2ccc(CNCC(C)O)o2)cc1. The first-order valence-corrected chi connectivity index (χ1v) is 7.35. The van der Waals surface area contributed by atoms with Gasteiger partial charge in [-0.3, -0.25) is 0 Å². The molecule has 0 bridgehead atoms. The van der Waals surface area contributed by atoms with Crippen molar-refractivity contribution in [2.45, 2.75) is 26.5 Å². The lowest BCUT2D eigenvalue weighted by molar-refractivity contribution is 0.0526. The molecule has 118 valence electrons. The molecule has 1 heterocycles. The molecule has 0 aliphatic rings. The lowest BCUT2D eigenvalue weighted by atomic mass is 10.1. The van der Waals surface area contributed by atoms with Crippen LogP contribution in [-0.2, 0) is 11.3 Å². The van der Waals surface area contributed by atoms with Crippen LogP contribution in [0.15, 0.2) is 40.8 Å². The molecule has 2 rings (SSSR count). The summed E-state index contributed by atoms with van der Waals surface area (Å²) < 4.78 is 10.7. The number of nitrogens with one attached hydrogen (secondary N) is 1. The topological polar surface area (TPSA) is 71.7 Å². The van der Waals surface area contributed by atoms with Crippen molar-refractivity contribution in [2.24, 2.45) is 0 Å². The molecule has 0 fully saturated rings. The average Bonchev–Trinajstić information content (AvgIpc) is 2.96. The van der Waals surface area contributed by atoms with Crippen LogP contribution in [0.4, 0.5) is 0 Å². The highest BCUT2D eigenvalue weighted by Gasteiger charge is 2.09. The number of carbonyl (C=O) groups is 1. The molecule has 1 aromatic carbocycles. The Morgan fingerprint density at radius 1 is 1.27 bits per heavy atom. The molecule has 1 aromatic heterocycles. The highest BCUT2D eigenvalue weighted by molar-refractivity contribution is 5.89. The van der Waals surface area contributed by atoms with Crippen LogP contribution in [0.5, 0.6) is 0 Å². The van der Waals surface area contributed by atoms with Crippen molar-refractivity contribution < 1.29 is 19.1 Å². The third kappa shape index (κ3) is 4.44. The Morgan fingerprint density at radius 2 is 2.00 bits per heavy atom. The van der Waals surface area contributed by atoms with Crippen molar-refractivity contribution >= 4 is 5.97 Å². The molecule has 2 N–H and O–H groups in total. The molecule has 0 saturated carbocycles. The van der Waals surface area contributed by atoms with E-state index >= 15 is 0 Å². The maximum absolute atomic E-state index is 11.6. The smallest absolute Gasteiger partial charge is 0.338 e. The van der Waals surface area contributed by atoms with Crippen LogP contribution in [-0.4, -0.2) is 30.3 Å². The summed E-state index contributed by atoms with van der Waals surface area (Å²) in [5, 5.41) is 12.3. The Bertz CT molecular complexity index is 601. The quantitative estimate of drug-likeness (QED) is 0.769. The molecule has 0 aliphatic carbocycles. The second-order valence-corrected chi connectivity index (χ2v) is 5.04. The van der Waals surface area contributed by atoms with Gasteiger partial charge in [0, 0.05) is 12.1 Å². The summed E-state index contributed by atoms with van der Waals surface area (Å²) in [6, 6.07) is 10.9. The zero-order valence-corrected chi connectivity index (χ0v) is 12.8. The van der Waals surface area contributed by atoms with Crippen molar-refractivity contribution in [1.82, 2.24) is 5.32 Å². The molecule has 5 heteroatoms. The number of hydrogen-bond donors (Lipinski definition) is 2. The molecular weight excluding hydrogens is 282 g/mol. The van der Waals surface area contributed by atoms with E-state index < -0.39 is 0 Å². The van der Waals surface area contributed by atoms with Gasteiger partial charge in [-0.1, -0.05) is 12.1 Å². The van der Waals surface area contributed by atoms with Gasteiger partial charge in [-0.05, 0) is 38.1 Å². The van der Waals surface area contributed by atoms with E-state index in [4.69, 9.17) is 9.15 Å². The minimum Gasteiger partial charge on any atom is -0.462 e. The number of hydrogen-bond acceptors (Lipinski definition) is 5. The Labute approximate surface area is 129 Å². The van der Waals surface area contributed by atoms with Gasteiger partial charge < -0.3 is 19.6 Å². The first-order chi connectivity index (χ1) is 10.6. The summed E-state index contributed by atoms with van der Waals surface area (Å²) in [5.41, 5.74) is 1.42. The Balaban J connectivity index is 2.00. The van der Waals surface area contributed by atoms with Crippen LogP contribution in [0, 0.1) is 0 Å². The number of esters is 1. The number of rotatable bonds is 7. The van der Waals surface area contributed by atoms with Crippen molar-refractivity contribution in [2.75, 3.05) is 13.2 Å². The number of furan rings is 1. The first kappa shape index (κ1) is 16.3. The van der Waals surface area contributed by atoms with Crippen LogP contribution in [0.1, 0.15) is 30.0 Å². The van der Waals surface area contributed by atoms with E-state index in [0.717, 1.165) is 17.1 Å². The predicted molar refractivity (Wildman–Crippen MR) is 83.5 cm³/mol. The third-order valence-electron chi connectivity index (χ3n) is 3.08. The van der Waals surface area contributed by atoms with Gasteiger partial charge >= 0.3 is 5.97 Å². The number of aliphatic hydroxyl groups excluding tert-OH is 1. The first-order valence-electron chi connectivity index (χ1n) is 7.35. The molecule has 0 aliphatic heterocycles. The molecule has 0 spiro atoms. The van der Waals surface area contributed by atoms with Crippen LogP contribution >= 0.6 is 0 Å². The molecule has 5 nitrogen and oxygen atoms in total. The van der Waals surface area contributed by atoms with Crippen molar-refractivity contribution in [3.63, 3.8) is 0 Å². The van der Waals surface area contributed by atoms with Gasteiger partial charge in [0.2, 0.25) is 0 Å². The largest absolute Gasteiger partial charge is 0.462 e. The fourth-order valence-corrected chi connectivity index (χ4v) is 2.02. The van der Waals surface area contributed by atoms with Gasteiger partial charge in [-0.2, -0.15) is 0 Å². The van der Waals surface area contributed by atoms with Gasteiger partial charge in [0.1, 0.15) is 11.5 Å². The van der Waals surface area contributed by atoms with E-state index in [0.29, 0.717) is 25.3 Å². The lowest BCUT2D eigenvalue weighted by Gasteiger charge is -2.05. The lowest BCUT2D eigenvalue weighted by Crippen LogP contribution is -2.23. The summed E-state index contributed by atoms with van der Waals surface area (Å²) in [7, 11) is 0. The minimum absolute atomic E-state index is 0.323.